The molecule has 2 rings (SSSR count). The van der Waals surface area contributed by atoms with Gasteiger partial charge in [0.05, 0.1) is 19.1 Å². The molecule has 1 heterocycles. The molecule has 134 valence electrons. The smallest absolute Gasteiger partial charge is 0.311 e. The van der Waals surface area contributed by atoms with Gasteiger partial charge in [0.15, 0.2) is 5.75 Å². The van der Waals surface area contributed by atoms with Crippen LogP contribution in [-0.4, -0.2) is 62.5 Å². The lowest BCUT2D eigenvalue weighted by Crippen LogP contribution is -2.47. The Hall–Kier alpha value is -1.55. The van der Waals surface area contributed by atoms with Crippen LogP contribution in [0.25, 0.3) is 0 Å². The molecule has 1 saturated heterocycles. The molecule has 0 N–H and O–H groups in total. The Morgan fingerprint density at radius 1 is 1.25 bits per heavy atom. The third-order valence-corrected chi connectivity index (χ3v) is 4.60. The number of nitro benzene ring substituents is 1. The molecule has 8 nitrogen and oxygen atoms in total. The average Bonchev–Trinajstić information content (AvgIpc) is 2.59. The maximum absolute atomic E-state index is 11.1. The van der Waals surface area contributed by atoms with Crippen LogP contribution in [-0.2, 0) is 9.22 Å². The third kappa shape index (κ3) is 4.73. The summed E-state index contributed by atoms with van der Waals surface area (Å²) in [6.07, 6.45) is 0. The van der Waals surface area contributed by atoms with E-state index in [0.717, 1.165) is 49.7 Å². The van der Waals surface area contributed by atoms with E-state index in [1.165, 1.54) is 26.3 Å². The molecule has 0 atom stereocenters. The lowest BCUT2D eigenvalue weighted by molar-refractivity contribution is -0.385. The normalized spacial score (nSPS) is 15.5. The highest BCUT2D eigenvalue weighted by atomic mass is 32.2. The zero-order chi connectivity index (χ0) is 17.5. The number of hydrogen-bond donors (Lipinski definition) is 0. The van der Waals surface area contributed by atoms with Crippen LogP contribution in [0.3, 0.4) is 0 Å². The van der Waals surface area contributed by atoms with Crippen LogP contribution in [0.15, 0.2) is 12.1 Å². The van der Waals surface area contributed by atoms with Crippen LogP contribution in [0.5, 0.6) is 5.75 Å². The molecular weight excluding hydrogens is 334 g/mol. The number of aryl methyl sites for hydroxylation is 1. The highest BCUT2D eigenvalue weighted by molar-refractivity contribution is 7.94. The van der Waals surface area contributed by atoms with Crippen molar-refractivity contribution in [2.45, 2.75) is 6.92 Å². The Bertz CT molecular complexity index is 564. The summed E-state index contributed by atoms with van der Waals surface area (Å²) in [4.78, 5) is 19.8. The standard InChI is InChI=1S/C15H23N3O5S/c1-12-10-14(18(19)20)15(21-2)11-13(12)17-6-4-16(5-7-17)8-9-24-23-22-3/h10-11H,4-9H2,1-3H3. The Balaban J connectivity index is 1.97. The van der Waals surface area contributed by atoms with Gasteiger partial charge in [0.1, 0.15) is 0 Å². The van der Waals surface area contributed by atoms with E-state index in [2.05, 4.69) is 14.7 Å². The first-order valence-electron chi connectivity index (χ1n) is 7.69. The van der Waals surface area contributed by atoms with E-state index in [4.69, 9.17) is 9.07 Å². The van der Waals surface area contributed by atoms with Gasteiger partial charge in [0, 0.05) is 68.3 Å². The first-order chi connectivity index (χ1) is 11.6. The van der Waals surface area contributed by atoms with E-state index in [1.54, 1.807) is 12.1 Å². The summed E-state index contributed by atoms with van der Waals surface area (Å²) in [5.74, 6) is 1.15. The fourth-order valence-corrected chi connectivity index (χ4v) is 3.27. The van der Waals surface area contributed by atoms with Gasteiger partial charge < -0.3 is 9.64 Å². The summed E-state index contributed by atoms with van der Waals surface area (Å²) in [5.41, 5.74) is 1.89. The zero-order valence-corrected chi connectivity index (χ0v) is 15.0. The molecule has 0 radical (unpaired) electrons. The molecule has 0 aromatic heterocycles. The fourth-order valence-electron chi connectivity index (χ4n) is 2.77. The summed E-state index contributed by atoms with van der Waals surface area (Å²) >= 11 is 1.30. The minimum Gasteiger partial charge on any atom is -0.490 e. The van der Waals surface area contributed by atoms with Crippen LogP contribution < -0.4 is 9.64 Å². The first kappa shape index (κ1) is 18.8. The Kier molecular flexibility index (Phi) is 7.10. The molecule has 1 fully saturated rings. The highest BCUT2D eigenvalue weighted by Crippen LogP contribution is 2.34. The lowest BCUT2D eigenvalue weighted by Gasteiger charge is -2.36. The molecule has 0 bridgehead atoms. The van der Waals surface area contributed by atoms with E-state index < -0.39 is 4.92 Å². The van der Waals surface area contributed by atoms with Crippen LogP contribution in [0.4, 0.5) is 11.4 Å². The molecule has 1 aliphatic rings. The van der Waals surface area contributed by atoms with Crippen molar-refractivity contribution in [2.75, 3.05) is 57.6 Å². The van der Waals surface area contributed by atoms with E-state index >= 15 is 0 Å². The minimum absolute atomic E-state index is 0.00699. The molecule has 0 saturated carbocycles. The number of hydrogen-bond acceptors (Lipinski definition) is 8. The molecule has 0 amide bonds. The summed E-state index contributed by atoms with van der Waals surface area (Å²) < 4.78 is 9.98. The van der Waals surface area contributed by atoms with Gasteiger partial charge in [-0.1, -0.05) is 0 Å². The maximum atomic E-state index is 11.1. The number of piperazine rings is 1. The van der Waals surface area contributed by atoms with Crippen LogP contribution in [0.1, 0.15) is 5.56 Å². The number of nitro groups is 1. The zero-order valence-electron chi connectivity index (χ0n) is 14.2. The summed E-state index contributed by atoms with van der Waals surface area (Å²) in [6.45, 7) is 6.45. The third-order valence-electron chi connectivity index (χ3n) is 4.01. The van der Waals surface area contributed by atoms with Crippen molar-refractivity contribution in [3.63, 3.8) is 0 Å². The molecule has 0 aliphatic carbocycles. The number of methoxy groups -OCH3 is 1. The Labute approximate surface area is 145 Å². The SMILES string of the molecule is COOSCCN1CCN(c2cc(OC)c([N+](=O)[O-])cc2C)CC1. The summed E-state index contributed by atoms with van der Waals surface area (Å²) in [6, 6.07) is 3.35. The van der Waals surface area contributed by atoms with Crippen molar-refractivity contribution in [2.24, 2.45) is 0 Å². The Morgan fingerprint density at radius 3 is 2.54 bits per heavy atom. The van der Waals surface area contributed by atoms with E-state index in [-0.39, 0.29) is 5.69 Å². The number of anilines is 1. The van der Waals surface area contributed by atoms with Crippen molar-refractivity contribution in [1.82, 2.24) is 4.90 Å². The summed E-state index contributed by atoms with van der Waals surface area (Å²) in [5, 5.41) is 11.1. The molecule has 24 heavy (non-hydrogen) atoms. The van der Waals surface area contributed by atoms with Gasteiger partial charge in [-0.25, -0.2) is 4.89 Å². The van der Waals surface area contributed by atoms with Gasteiger partial charge in [-0.05, 0) is 12.5 Å². The van der Waals surface area contributed by atoms with Gasteiger partial charge in [-0.3, -0.25) is 15.0 Å². The topological polar surface area (TPSA) is 77.3 Å². The molecular formula is C15H23N3O5S. The second kappa shape index (κ2) is 9.07. The molecule has 0 spiro atoms. The first-order valence-corrected chi connectivity index (χ1v) is 8.60. The van der Waals surface area contributed by atoms with Gasteiger partial charge in [-0.2, -0.15) is 4.33 Å². The predicted octanol–water partition coefficient (Wildman–Crippen LogP) is 2.26. The quantitative estimate of drug-likeness (QED) is 0.230. The average molecular weight is 357 g/mol. The molecule has 1 aliphatic heterocycles. The molecule has 1 aromatic rings. The summed E-state index contributed by atoms with van der Waals surface area (Å²) in [7, 11) is 2.95. The van der Waals surface area contributed by atoms with Crippen molar-refractivity contribution in [3.8, 4) is 5.75 Å². The van der Waals surface area contributed by atoms with E-state index in [0.29, 0.717) is 5.75 Å². The fraction of sp³-hybridized carbons (Fsp3) is 0.600. The van der Waals surface area contributed by atoms with Gasteiger partial charge in [-0.15, -0.1) is 0 Å². The highest BCUT2D eigenvalue weighted by Gasteiger charge is 2.23. The largest absolute Gasteiger partial charge is 0.490 e. The van der Waals surface area contributed by atoms with Gasteiger partial charge in [0.2, 0.25) is 0 Å². The van der Waals surface area contributed by atoms with Crippen molar-refractivity contribution in [1.29, 1.82) is 0 Å². The van der Waals surface area contributed by atoms with E-state index in [9.17, 15) is 10.1 Å². The van der Waals surface area contributed by atoms with Crippen molar-refractivity contribution >= 4 is 23.4 Å². The second-order valence-electron chi connectivity index (χ2n) is 5.45. The van der Waals surface area contributed by atoms with Gasteiger partial charge in [0.25, 0.3) is 0 Å². The van der Waals surface area contributed by atoms with Crippen LogP contribution in [0.2, 0.25) is 0 Å². The number of rotatable bonds is 8. The predicted molar refractivity (Wildman–Crippen MR) is 93.6 cm³/mol. The number of ether oxygens (including phenoxy) is 1. The maximum Gasteiger partial charge on any atom is 0.311 e. The van der Waals surface area contributed by atoms with Crippen molar-refractivity contribution < 1.29 is 18.9 Å². The van der Waals surface area contributed by atoms with Gasteiger partial charge >= 0.3 is 5.69 Å². The lowest BCUT2D eigenvalue weighted by atomic mass is 10.1. The van der Waals surface area contributed by atoms with Crippen LogP contribution >= 0.6 is 12.0 Å². The van der Waals surface area contributed by atoms with E-state index in [1.807, 2.05) is 6.92 Å². The molecule has 9 heteroatoms. The Morgan fingerprint density at radius 2 is 1.96 bits per heavy atom. The van der Waals surface area contributed by atoms with Crippen LogP contribution in [0, 0.1) is 17.0 Å². The minimum atomic E-state index is -0.409. The second-order valence-corrected chi connectivity index (χ2v) is 6.23. The number of nitrogens with zero attached hydrogens (tertiary/aromatic N) is 3. The number of benzene rings is 1. The molecule has 1 aromatic carbocycles. The monoisotopic (exact) mass is 357 g/mol. The molecule has 0 unspecified atom stereocenters. The van der Waals surface area contributed by atoms with Crippen molar-refractivity contribution in [3.05, 3.63) is 27.8 Å².